The van der Waals surface area contributed by atoms with Gasteiger partial charge in [0, 0.05) is 44.0 Å². The van der Waals surface area contributed by atoms with E-state index in [-0.39, 0.29) is 18.4 Å². The zero-order valence-corrected chi connectivity index (χ0v) is 19.3. The smallest absolute Gasteiger partial charge is 0.416 e. The Labute approximate surface area is 205 Å². The highest BCUT2D eigenvalue weighted by molar-refractivity contribution is 5.89. The molecule has 4 rings (SSSR count). The van der Waals surface area contributed by atoms with Gasteiger partial charge < -0.3 is 29.9 Å². The molecule has 0 aliphatic carbocycles. The van der Waals surface area contributed by atoms with E-state index in [1.807, 2.05) is 4.90 Å². The first-order chi connectivity index (χ1) is 17.2. The van der Waals surface area contributed by atoms with Crippen LogP contribution in [0.25, 0.3) is 0 Å². The molecule has 0 saturated carbocycles. The minimum absolute atomic E-state index is 0.196. The monoisotopic (exact) mass is 514 g/mol. The maximum atomic E-state index is 12.8. The van der Waals surface area contributed by atoms with Gasteiger partial charge >= 0.3 is 18.8 Å². The van der Waals surface area contributed by atoms with Crippen molar-refractivity contribution >= 4 is 17.4 Å². The van der Waals surface area contributed by atoms with Crippen molar-refractivity contribution in [2.24, 2.45) is 0 Å². The molecule has 7 nitrogen and oxygen atoms in total. The average Bonchev–Trinajstić information content (AvgIpc) is 3.26. The molecule has 2 aromatic rings. The molecule has 0 aromatic heterocycles. The number of benzene rings is 2. The van der Waals surface area contributed by atoms with Crippen molar-refractivity contribution in [2.75, 3.05) is 49.5 Å². The van der Waals surface area contributed by atoms with Crippen LogP contribution in [0.5, 0.6) is 5.75 Å². The van der Waals surface area contributed by atoms with Crippen LogP contribution < -0.4 is 20.3 Å². The molecule has 2 amide bonds. The van der Waals surface area contributed by atoms with Crippen molar-refractivity contribution < 1.29 is 36.2 Å². The van der Waals surface area contributed by atoms with Gasteiger partial charge in [-0.1, -0.05) is 0 Å². The van der Waals surface area contributed by atoms with Gasteiger partial charge in [0.15, 0.2) is 0 Å². The van der Waals surface area contributed by atoms with Crippen molar-refractivity contribution in [2.45, 2.75) is 31.4 Å². The van der Waals surface area contributed by atoms with Crippen LogP contribution in [0, 0.1) is 0 Å². The highest BCUT2D eigenvalue weighted by Gasteiger charge is 2.35. The Morgan fingerprint density at radius 3 is 2.33 bits per heavy atom. The number of urea groups is 1. The Morgan fingerprint density at radius 2 is 1.72 bits per heavy atom. The van der Waals surface area contributed by atoms with Crippen molar-refractivity contribution in [1.82, 2.24) is 10.2 Å². The number of carbonyl (C=O) groups excluding carboxylic acids is 1. The Bertz CT molecular complexity index is 998. The van der Waals surface area contributed by atoms with Crippen LogP contribution in [-0.4, -0.2) is 69.0 Å². The lowest BCUT2D eigenvalue weighted by molar-refractivity contribution is -0.137. The number of carbonyl (C=O) groups is 1. The molecular formula is C24H27F5N4O3. The van der Waals surface area contributed by atoms with Gasteiger partial charge in [-0.3, -0.25) is 0 Å². The number of hydrogen-bond acceptors (Lipinski definition) is 5. The zero-order valence-electron chi connectivity index (χ0n) is 19.3. The molecule has 196 valence electrons. The van der Waals surface area contributed by atoms with E-state index in [4.69, 9.17) is 4.74 Å². The van der Waals surface area contributed by atoms with Gasteiger partial charge in [-0.2, -0.15) is 22.0 Å². The van der Waals surface area contributed by atoms with Crippen LogP contribution in [0.4, 0.5) is 38.1 Å². The third-order valence-electron chi connectivity index (χ3n) is 6.13. The molecule has 2 N–H and O–H groups in total. The summed E-state index contributed by atoms with van der Waals surface area (Å²) >= 11 is 0. The standard InChI is InChI=1S/C24H27F5N4O3/c25-22(26)35-15-19-13-21(36-20-7-1-16(2-8-20)24(27,28)29)14-33(19)18-5-3-17(4-6-18)31-23(34)32-11-9-30-10-12-32/h1-8,19,21-22,30H,9-15H2,(H,31,34)/t19-,21-/m0/s1. The largest absolute Gasteiger partial charge is 0.489 e. The SMILES string of the molecule is O=C(Nc1ccc(N2C[C@@H](Oc3ccc(C(F)(F)F)cc3)C[C@H]2COC(F)F)cc1)N1CCNCC1. The molecule has 0 unspecified atom stereocenters. The average molecular weight is 514 g/mol. The Morgan fingerprint density at radius 1 is 1.06 bits per heavy atom. The lowest BCUT2D eigenvalue weighted by Gasteiger charge is -2.28. The number of nitrogens with zero attached hydrogens (tertiary/aromatic N) is 2. The highest BCUT2D eigenvalue weighted by atomic mass is 19.4. The van der Waals surface area contributed by atoms with Gasteiger partial charge in [0.1, 0.15) is 11.9 Å². The van der Waals surface area contributed by atoms with Crippen molar-refractivity contribution in [3.8, 4) is 5.75 Å². The minimum Gasteiger partial charge on any atom is -0.489 e. The van der Waals surface area contributed by atoms with E-state index in [2.05, 4.69) is 15.4 Å². The van der Waals surface area contributed by atoms with E-state index in [1.165, 1.54) is 12.1 Å². The van der Waals surface area contributed by atoms with Crippen molar-refractivity contribution in [3.05, 3.63) is 54.1 Å². The fourth-order valence-corrected chi connectivity index (χ4v) is 4.34. The molecule has 0 bridgehead atoms. The summed E-state index contributed by atoms with van der Waals surface area (Å²) < 4.78 is 74.2. The van der Waals surface area contributed by atoms with Crippen molar-refractivity contribution in [1.29, 1.82) is 0 Å². The number of ether oxygens (including phenoxy) is 2. The van der Waals surface area contributed by atoms with E-state index >= 15 is 0 Å². The lowest BCUT2D eigenvalue weighted by Crippen LogP contribution is -2.48. The first kappa shape index (κ1) is 26.0. The van der Waals surface area contributed by atoms with Gasteiger partial charge in [-0.05, 0) is 48.5 Å². The molecular weight excluding hydrogens is 487 g/mol. The number of anilines is 2. The van der Waals surface area contributed by atoms with Gasteiger partial charge in [0.25, 0.3) is 0 Å². The molecule has 2 saturated heterocycles. The van der Waals surface area contributed by atoms with E-state index in [9.17, 15) is 26.7 Å². The summed E-state index contributed by atoms with van der Waals surface area (Å²) in [6.07, 6.45) is -4.55. The summed E-state index contributed by atoms with van der Waals surface area (Å²) in [5.74, 6) is 0.259. The number of hydrogen-bond donors (Lipinski definition) is 2. The van der Waals surface area contributed by atoms with Crippen LogP contribution in [0.3, 0.4) is 0 Å². The van der Waals surface area contributed by atoms with Crippen LogP contribution in [0.1, 0.15) is 12.0 Å². The molecule has 2 aromatic carbocycles. The molecule has 0 radical (unpaired) electrons. The maximum Gasteiger partial charge on any atom is 0.416 e. The zero-order chi connectivity index (χ0) is 25.7. The van der Waals surface area contributed by atoms with E-state index in [0.717, 1.165) is 30.9 Å². The van der Waals surface area contributed by atoms with Crippen LogP contribution >= 0.6 is 0 Å². The van der Waals surface area contributed by atoms with Crippen LogP contribution in [-0.2, 0) is 10.9 Å². The second kappa shape index (κ2) is 11.3. The topological polar surface area (TPSA) is 66.1 Å². The first-order valence-electron chi connectivity index (χ1n) is 11.6. The minimum atomic E-state index is -4.45. The summed E-state index contributed by atoms with van der Waals surface area (Å²) in [5.41, 5.74) is 0.534. The van der Waals surface area contributed by atoms with E-state index in [0.29, 0.717) is 31.7 Å². The van der Waals surface area contributed by atoms with Crippen LogP contribution in [0.2, 0.25) is 0 Å². The van der Waals surface area contributed by atoms with Gasteiger partial charge in [-0.25, -0.2) is 4.79 Å². The molecule has 12 heteroatoms. The summed E-state index contributed by atoms with van der Waals surface area (Å²) in [6.45, 7) is -0.146. The summed E-state index contributed by atoms with van der Waals surface area (Å²) in [6, 6.07) is 10.7. The summed E-state index contributed by atoms with van der Waals surface area (Å²) in [7, 11) is 0. The predicted molar refractivity (Wildman–Crippen MR) is 123 cm³/mol. The number of alkyl halides is 5. The second-order valence-electron chi connectivity index (χ2n) is 8.61. The molecule has 36 heavy (non-hydrogen) atoms. The number of amides is 2. The summed E-state index contributed by atoms with van der Waals surface area (Å²) in [5, 5.41) is 6.03. The fourth-order valence-electron chi connectivity index (χ4n) is 4.34. The van der Waals surface area contributed by atoms with E-state index < -0.39 is 30.5 Å². The Balaban J connectivity index is 1.41. The number of rotatable bonds is 7. The molecule has 2 aliphatic heterocycles. The second-order valence-corrected chi connectivity index (χ2v) is 8.61. The molecule has 0 spiro atoms. The molecule has 2 fully saturated rings. The highest BCUT2D eigenvalue weighted by Crippen LogP contribution is 2.33. The number of nitrogens with one attached hydrogen (secondary N) is 2. The number of halogens is 5. The fraction of sp³-hybridized carbons (Fsp3) is 0.458. The van der Waals surface area contributed by atoms with E-state index in [1.54, 1.807) is 29.2 Å². The lowest BCUT2D eigenvalue weighted by atomic mass is 10.2. The van der Waals surface area contributed by atoms with Gasteiger partial charge in [-0.15, -0.1) is 0 Å². The first-order valence-corrected chi connectivity index (χ1v) is 11.6. The van der Waals surface area contributed by atoms with Gasteiger partial charge in [0.05, 0.1) is 24.8 Å². The van der Waals surface area contributed by atoms with Crippen LogP contribution in [0.15, 0.2) is 48.5 Å². The Hall–Kier alpha value is -3.12. The molecule has 2 heterocycles. The third-order valence-corrected chi connectivity index (χ3v) is 6.13. The normalized spacial score (nSPS) is 20.6. The molecule has 2 atom stereocenters. The maximum absolute atomic E-state index is 12.8. The predicted octanol–water partition coefficient (Wildman–Crippen LogP) is 4.41. The Kier molecular flexibility index (Phi) is 8.14. The molecule has 2 aliphatic rings. The quantitative estimate of drug-likeness (QED) is 0.536. The summed E-state index contributed by atoms with van der Waals surface area (Å²) in [4.78, 5) is 16.0. The third kappa shape index (κ3) is 6.76. The van der Waals surface area contributed by atoms with Crippen molar-refractivity contribution in [3.63, 3.8) is 0 Å². The number of piperazine rings is 1. The van der Waals surface area contributed by atoms with Gasteiger partial charge in [0.2, 0.25) is 0 Å².